The Balaban J connectivity index is 2.90. The van der Waals surface area contributed by atoms with Gasteiger partial charge in [-0.25, -0.2) is 4.98 Å². The Hall–Kier alpha value is -1.30. The second kappa shape index (κ2) is 4.28. The van der Waals surface area contributed by atoms with E-state index in [1.165, 1.54) is 0 Å². The van der Waals surface area contributed by atoms with E-state index in [0.717, 1.165) is 4.47 Å². The molecule has 0 aromatic carbocycles. The number of hydrogen-bond donors (Lipinski definition) is 2. The molecule has 14 heavy (non-hydrogen) atoms. The molecule has 0 spiro atoms. The van der Waals surface area contributed by atoms with Crippen molar-refractivity contribution in [1.29, 1.82) is 0 Å². The fourth-order valence-corrected chi connectivity index (χ4v) is 1.42. The first-order chi connectivity index (χ1) is 6.50. The molecule has 0 fully saturated rings. The first-order valence-electron chi connectivity index (χ1n) is 3.91. The average molecular weight is 259 g/mol. The van der Waals surface area contributed by atoms with Gasteiger partial charge in [0.15, 0.2) is 5.82 Å². The molecule has 4 N–H and O–H groups in total. The number of pyridine rings is 1. The van der Waals surface area contributed by atoms with E-state index in [-0.39, 0.29) is 6.54 Å². The van der Waals surface area contributed by atoms with Crippen molar-refractivity contribution in [2.24, 2.45) is 5.73 Å². The van der Waals surface area contributed by atoms with Crippen LogP contribution in [0.4, 0.5) is 11.5 Å². The summed E-state index contributed by atoms with van der Waals surface area (Å²) in [7, 11) is 1.71. The molecule has 5 nitrogen and oxygen atoms in total. The van der Waals surface area contributed by atoms with Gasteiger partial charge in [-0.2, -0.15) is 0 Å². The van der Waals surface area contributed by atoms with Crippen LogP contribution in [0.15, 0.2) is 16.7 Å². The highest BCUT2D eigenvalue weighted by Gasteiger charge is 2.09. The number of carbonyl (C=O) groups is 1. The van der Waals surface area contributed by atoms with Gasteiger partial charge in [-0.3, -0.25) is 4.79 Å². The van der Waals surface area contributed by atoms with E-state index in [1.807, 2.05) is 0 Å². The zero-order valence-corrected chi connectivity index (χ0v) is 9.28. The van der Waals surface area contributed by atoms with Gasteiger partial charge in [0.1, 0.15) is 0 Å². The predicted octanol–water partition coefficient (Wildman–Crippen LogP) is 0.348. The molecule has 0 saturated carbocycles. The number of primary amides is 1. The van der Waals surface area contributed by atoms with E-state index >= 15 is 0 Å². The van der Waals surface area contributed by atoms with Crippen LogP contribution in [0.25, 0.3) is 0 Å². The van der Waals surface area contributed by atoms with E-state index < -0.39 is 5.91 Å². The fourth-order valence-electron chi connectivity index (χ4n) is 1.08. The molecule has 1 aromatic heterocycles. The van der Waals surface area contributed by atoms with Crippen LogP contribution in [-0.2, 0) is 4.79 Å². The molecule has 0 aliphatic rings. The highest BCUT2D eigenvalue weighted by atomic mass is 79.9. The standard InChI is InChI=1S/C8H11BrN4O/c1-13(4-7(11)14)8-6(10)2-5(9)3-12-8/h2-3H,4,10H2,1H3,(H2,11,14). The van der Waals surface area contributed by atoms with Gasteiger partial charge in [0.2, 0.25) is 5.91 Å². The van der Waals surface area contributed by atoms with Crippen molar-refractivity contribution in [1.82, 2.24) is 4.98 Å². The van der Waals surface area contributed by atoms with Gasteiger partial charge < -0.3 is 16.4 Å². The molecule has 0 aliphatic carbocycles. The maximum absolute atomic E-state index is 10.7. The first-order valence-corrected chi connectivity index (χ1v) is 4.70. The molecular weight excluding hydrogens is 248 g/mol. The Kier molecular flexibility index (Phi) is 3.29. The lowest BCUT2D eigenvalue weighted by molar-refractivity contribution is -0.116. The van der Waals surface area contributed by atoms with Crippen LogP contribution in [0.3, 0.4) is 0 Å². The molecule has 0 unspecified atom stereocenters. The Morgan fingerprint density at radius 3 is 2.86 bits per heavy atom. The quantitative estimate of drug-likeness (QED) is 0.820. The smallest absolute Gasteiger partial charge is 0.236 e. The molecule has 0 saturated heterocycles. The van der Waals surface area contributed by atoms with Gasteiger partial charge in [-0.1, -0.05) is 0 Å². The maximum Gasteiger partial charge on any atom is 0.236 e. The first kappa shape index (κ1) is 10.8. The van der Waals surface area contributed by atoms with Crippen molar-refractivity contribution < 1.29 is 4.79 Å². The molecule has 1 heterocycles. The number of hydrogen-bond acceptors (Lipinski definition) is 4. The van der Waals surface area contributed by atoms with Crippen molar-refractivity contribution in [2.75, 3.05) is 24.2 Å². The Bertz CT molecular complexity index is 355. The minimum Gasteiger partial charge on any atom is -0.396 e. The lowest BCUT2D eigenvalue weighted by Crippen LogP contribution is -2.31. The summed E-state index contributed by atoms with van der Waals surface area (Å²) in [5, 5.41) is 0. The summed E-state index contributed by atoms with van der Waals surface area (Å²) in [5.41, 5.74) is 11.3. The number of aromatic nitrogens is 1. The topological polar surface area (TPSA) is 85.2 Å². The maximum atomic E-state index is 10.7. The summed E-state index contributed by atoms with van der Waals surface area (Å²) in [6.07, 6.45) is 1.61. The van der Waals surface area contributed by atoms with Gasteiger partial charge in [0.25, 0.3) is 0 Å². The number of anilines is 2. The molecule has 1 rings (SSSR count). The third-order valence-electron chi connectivity index (χ3n) is 1.62. The normalized spacial score (nSPS) is 9.86. The molecule has 0 radical (unpaired) electrons. The Morgan fingerprint density at radius 1 is 1.71 bits per heavy atom. The molecule has 1 aromatic rings. The molecule has 0 bridgehead atoms. The average Bonchev–Trinajstić information content (AvgIpc) is 2.01. The molecule has 1 amide bonds. The van der Waals surface area contributed by atoms with Crippen LogP contribution in [0, 0.1) is 0 Å². The molecule has 0 aliphatic heterocycles. The third kappa shape index (κ3) is 2.59. The SMILES string of the molecule is CN(CC(N)=O)c1ncc(Br)cc1N. The molecular formula is C8H11BrN4O. The van der Waals surface area contributed by atoms with Crippen LogP contribution in [0.2, 0.25) is 0 Å². The van der Waals surface area contributed by atoms with Gasteiger partial charge in [-0.15, -0.1) is 0 Å². The lowest BCUT2D eigenvalue weighted by atomic mass is 10.3. The number of likely N-dealkylation sites (N-methyl/N-ethyl adjacent to an activating group) is 1. The highest BCUT2D eigenvalue weighted by molar-refractivity contribution is 9.10. The number of nitrogen functional groups attached to an aromatic ring is 1. The van der Waals surface area contributed by atoms with Crippen LogP contribution < -0.4 is 16.4 Å². The number of nitrogens with zero attached hydrogens (tertiary/aromatic N) is 2. The largest absolute Gasteiger partial charge is 0.396 e. The summed E-state index contributed by atoms with van der Waals surface area (Å²) in [4.78, 5) is 16.3. The van der Waals surface area contributed by atoms with Crippen molar-refractivity contribution in [3.63, 3.8) is 0 Å². The number of halogens is 1. The van der Waals surface area contributed by atoms with Crippen LogP contribution in [0.1, 0.15) is 0 Å². The zero-order valence-electron chi connectivity index (χ0n) is 7.70. The van der Waals surface area contributed by atoms with E-state index in [0.29, 0.717) is 11.5 Å². The third-order valence-corrected chi connectivity index (χ3v) is 2.05. The van der Waals surface area contributed by atoms with E-state index in [4.69, 9.17) is 11.5 Å². The van der Waals surface area contributed by atoms with Crippen molar-refractivity contribution in [3.8, 4) is 0 Å². The second-order valence-corrected chi connectivity index (χ2v) is 3.80. The zero-order chi connectivity index (χ0) is 10.7. The van der Waals surface area contributed by atoms with Crippen molar-refractivity contribution in [3.05, 3.63) is 16.7 Å². The predicted molar refractivity (Wildman–Crippen MR) is 58.8 cm³/mol. The minimum absolute atomic E-state index is 0.0961. The van der Waals surface area contributed by atoms with E-state index in [1.54, 1.807) is 24.2 Å². The van der Waals surface area contributed by atoms with Crippen molar-refractivity contribution >= 4 is 33.3 Å². The highest BCUT2D eigenvalue weighted by Crippen LogP contribution is 2.22. The molecule has 76 valence electrons. The Morgan fingerprint density at radius 2 is 2.36 bits per heavy atom. The van der Waals surface area contributed by atoms with E-state index in [9.17, 15) is 4.79 Å². The number of carbonyl (C=O) groups excluding carboxylic acids is 1. The lowest BCUT2D eigenvalue weighted by Gasteiger charge is -2.17. The van der Waals surface area contributed by atoms with Gasteiger partial charge in [-0.05, 0) is 22.0 Å². The van der Waals surface area contributed by atoms with Gasteiger partial charge in [0.05, 0.1) is 12.2 Å². The fraction of sp³-hybridized carbons (Fsp3) is 0.250. The second-order valence-electron chi connectivity index (χ2n) is 2.89. The number of amides is 1. The van der Waals surface area contributed by atoms with Crippen LogP contribution in [0.5, 0.6) is 0 Å². The summed E-state index contributed by atoms with van der Waals surface area (Å²) < 4.78 is 0.797. The van der Waals surface area contributed by atoms with E-state index in [2.05, 4.69) is 20.9 Å². The number of nitrogens with two attached hydrogens (primary N) is 2. The number of rotatable bonds is 3. The summed E-state index contributed by atoms with van der Waals surface area (Å²) >= 11 is 3.24. The Labute approximate surface area is 90.2 Å². The van der Waals surface area contributed by atoms with Crippen molar-refractivity contribution in [2.45, 2.75) is 0 Å². The monoisotopic (exact) mass is 258 g/mol. The molecule has 6 heteroatoms. The van der Waals surface area contributed by atoms with Crippen LogP contribution >= 0.6 is 15.9 Å². The minimum atomic E-state index is -0.420. The summed E-state index contributed by atoms with van der Waals surface area (Å²) in [6.45, 7) is 0.0961. The molecule has 0 atom stereocenters. The van der Waals surface area contributed by atoms with Gasteiger partial charge >= 0.3 is 0 Å². The summed E-state index contributed by atoms with van der Waals surface area (Å²) in [6, 6.07) is 1.72. The van der Waals surface area contributed by atoms with Crippen LogP contribution in [-0.4, -0.2) is 24.5 Å². The van der Waals surface area contributed by atoms with Gasteiger partial charge in [0, 0.05) is 17.7 Å². The summed E-state index contributed by atoms with van der Waals surface area (Å²) in [5.74, 6) is 0.128.